The molecule has 2 N–H and O–H groups in total. The lowest BCUT2D eigenvalue weighted by atomic mass is 10.1. The second kappa shape index (κ2) is 15.4. The normalized spacial score (nSPS) is 12.4. The Balaban J connectivity index is 1.69. The lowest BCUT2D eigenvalue weighted by Gasteiger charge is -2.17. The topological polar surface area (TPSA) is 83.5 Å². The van der Waals surface area contributed by atoms with Gasteiger partial charge in [-0.15, -0.1) is 0 Å². The largest absolute Gasteiger partial charge is 0.355 e. The van der Waals surface area contributed by atoms with Gasteiger partial charge in [-0.1, -0.05) is 67.1 Å². The van der Waals surface area contributed by atoms with Gasteiger partial charge in [0, 0.05) is 29.7 Å². The van der Waals surface area contributed by atoms with Gasteiger partial charge in [-0.25, -0.2) is 0 Å². The fourth-order valence-electron chi connectivity index (χ4n) is 3.14. The molecule has 0 bridgehead atoms. The van der Waals surface area contributed by atoms with Crippen molar-refractivity contribution in [3.63, 3.8) is 0 Å². The zero-order valence-electron chi connectivity index (χ0n) is 18.3. The third-order valence-electron chi connectivity index (χ3n) is 4.89. The Labute approximate surface area is 200 Å². The van der Waals surface area contributed by atoms with E-state index in [1.165, 1.54) is 11.1 Å². The first-order chi connectivity index (χ1) is 15.4. The van der Waals surface area contributed by atoms with E-state index in [4.69, 9.17) is 4.55 Å². The van der Waals surface area contributed by atoms with Gasteiger partial charge in [-0.3, -0.25) is 9.35 Å². The Bertz CT molecular complexity index is 877. The van der Waals surface area contributed by atoms with E-state index in [1.807, 2.05) is 35.7 Å². The molecule has 0 aliphatic heterocycles. The van der Waals surface area contributed by atoms with Crippen molar-refractivity contribution in [3.05, 3.63) is 71.8 Å². The van der Waals surface area contributed by atoms with E-state index < -0.39 is 15.9 Å². The van der Waals surface area contributed by atoms with Gasteiger partial charge in [0.1, 0.15) is 0 Å². The van der Waals surface area contributed by atoms with Crippen LogP contribution in [0.3, 0.4) is 0 Å². The number of thioether (sulfide) groups is 2. The van der Waals surface area contributed by atoms with Crippen molar-refractivity contribution < 1.29 is 17.8 Å². The van der Waals surface area contributed by atoms with Crippen molar-refractivity contribution in [2.75, 3.05) is 18.1 Å². The molecule has 5 nitrogen and oxygen atoms in total. The van der Waals surface area contributed by atoms with Crippen LogP contribution in [0.1, 0.15) is 43.2 Å². The first-order valence-corrected chi connectivity index (χ1v) is 14.7. The smallest absolute Gasteiger partial charge is 0.266 e. The maximum atomic E-state index is 11.8. The van der Waals surface area contributed by atoms with Gasteiger partial charge in [0.05, 0.1) is 5.75 Å². The summed E-state index contributed by atoms with van der Waals surface area (Å²) in [7, 11) is -4.03. The Hall–Kier alpha value is -1.48. The molecule has 1 atom stereocenters. The number of unbranched alkanes of at least 4 members (excludes halogenated alkanes) is 1. The van der Waals surface area contributed by atoms with E-state index in [-0.39, 0.29) is 12.5 Å². The maximum absolute atomic E-state index is 11.8. The van der Waals surface area contributed by atoms with E-state index >= 15 is 0 Å². The van der Waals surface area contributed by atoms with Crippen LogP contribution in [-0.4, -0.2) is 42.2 Å². The van der Waals surface area contributed by atoms with Crippen molar-refractivity contribution >= 4 is 39.5 Å². The van der Waals surface area contributed by atoms with Gasteiger partial charge < -0.3 is 5.32 Å². The monoisotopic (exact) mass is 495 g/mol. The van der Waals surface area contributed by atoms with Crippen LogP contribution in [0.25, 0.3) is 0 Å². The molecular formula is C24H33NO4S3. The van der Waals surface area contributed by atoms with Gasteiger partial charge in [-0.05, 0) is 36.1 Å². The van der Waals surface area contributed by atoms with Crippen molar-refractivity contribution in [2.24, 2.45) is 0 Å². The minimum absolute atomic E-state index is 0.0497. The molecule has 0 fully saturated rings. The zero-order chi connectivity index (χ0) is 23.1. The quantitative estimate of drug-likeness (QED) is 0.247. The van der Waals surface area contributed by atoms with Crippen molar-refractivity contribution in [2.45, 2.75) is 48.9 Å². The third kappa shape index (κ3) is 13.2. The van der Waals surface area contributed by atoms with Gasteiger partial charge in [0.15, 0.2) is 0 Å². The highest BCUT2D eigenvalue weighted by molar-refractivity contribution is 7.99. The Kier molecular flexibility index (Phi) is 12.9. The first-order valence-electron chi connectivity index (χ1n) is 10.9. The maximum Gasteiger partial charge on any atom is 0.266 e. The molecule has 1 amide bonds. The van der Waals surface area contributed by atoms with E-state index in [1.54, 1.807) is 0 Å². The highest BCUT2D eigenvalue weighted by atomic mass is 32.2. The molecular weight excluding hydrogens is 462 g/mol. The predicted octanol–water partition coefficient (Wildman–Crippen LogP) is 5.18. The molecule has 8 heteroatoms. The molecule has 2 aromatic rings. The average molecular weight is 496 g/mol. The SMILES string of the molecule is O=C(CCCCC(CCSCc1ccccc1)SCc1ccccc1)NCCS(=O)(=O)O. The molecule has 0 saturated carbocycles. The molecule has 0 aliphatic carbocycles. The number of carbonyl (C=O) groups excluding carboxylic acids is 1. The Morgan fingerprint density at radius 3 is 2.16 bits per heavy atom. The highest BCUT2D eigenvalue weighted by Crippen LogP contribution is 2.27. The average Bonchev–Trinajstić information content (AvgIpc) is 2.77. The summed E-state index contributed by atoms with van der Waals surface area (Å²) in [4.78, 5) is 11.8. The van der Waals surface area contributed by atoms with Gasteiger partial charge in [-0.2, -0.15) is 31.9 Å². The van der Waals surface area contributed by atoms with Crippen LogP contribution in [-0.2, 0) is 26.4 Å². The van der Waals surface area contributed by atoms with Crippen LogP contribution < -0.4 is 5.32 Å². The lowest BCUT2D eigenvalue weighted by molar-refractivity contribution is -0.121. The molecule has 2 aromatic carbocycles. The summed E-state index contributed by atoms with van der Waals surface area (Å²) in [5, 5.41) is 3.09. The molecule has 32 heavy (non-hydrogen) atoms. The summed E-state index contributed by atoms with van der Waals surface area (Å²) in [5.74, 6) is 2.52. The van der Waals surface area contributed by atoms with Crippen molar-refractivity contribution in [3.8, 4) is 0 Å². The van der Waals surface area contributed by atoms with Crippen molar-refractivity contribution in [1.82, 2.24) is 5.32 Å². The molecule has 0 radical (unpaired) electrons. The number of rotatable bonds is 16. The molecule has 0 heterocycles. The van der Waals surface area contributed by atoms with E-state index in [9.17, 15) is 13.2 Å². The van der Waals surface area contributed by atoms with Gasteiger partial charge in [0.25, 0.3) is 10.1 Å². The number of hydrogen-bond acceptors (Lipinski definition) is 5. The fraction of sp³-hybridized carbons (Fsp3) is 0.458. The van der Waals surface area contributed by atoms with Crippen LogP contribution in [0.15, 0.2) is 60.7 Å². The number of carbonyl (C=O) groups is 1. The van der Waals surface area contributed by atoms with Crippen LogP contribution >= 0.6 is 23.5 Å². The first kappa shape index (κ1) is 26.8. The van der Waals surface area contributed by atoms with E-state index in [2.05, 4.69) is 53.8 Å². The summed E-state index contributed by atoms with van der Waals surface area (Å²) in [6, 6.07) is 21.0. The minimum Gasteiger partial charge on any atom is -0.355 e. The van der Waals surface area contributed by atoms with Crippen LogP contribution in [0.5, 0.6) is 0 Å². The number of benzene rings is 2. The predicted molar refractivity (Wildman–Crippen MR) is 137 cm³/mol. The summed E-state index contributed by atoms with van der Waals surface area (Å²) in [6.45, 7) is -0.0497. The summed E-state index contributed by atoms with van der Waals surface area (Å²) >= 11 is 3.95. The van der Waals surface area contributed by atoms with Gasteiger partial charge >= 0.3 is 0 Å². The second-order valence-electron chi connectivity index (χ2n) is 7.63. The zero-order valence-corrected chi connectivity index (χ0v) is 20.8. The second-order valence-corrected chi connectivity index (χ2v) is 11.6. The van der Waals surface area contributed by atoms with Crippen LogP contribution in [0, 0.1) is 0 Å². The fourth-order valence-corrected chi connectivity index (χ4v) is 5.92. The Morgan fingerprint density at radius 1 is 0.906 bits per heavy atom. The third-order valence-corrected chi connectivity index (χ3v) is 8.11. The van der Waals surface area contributed by atoms with Gasteiger partial charge in [0.2, 0.25) is 5.91 Å². The molecule has 1 unspecified atom stereocenters. The van der Waals surface area contributed by atoms with Crippen LogP contribution in [0.4, 0.5) is 0 Å². The van der Waals surface area contributed by atoms with E-state index in [0.29, 0.717) is 11.7 Å². The molecule has 176 valence electrons. The summed E-state index contributed by atoms with van der Waals surface area (Å²) in [6.07, 6.45) is 4.31. The summed E-state index contributed by atoms with van der Waals surface area (Å²) in [5.41, 5.74) is 2.68. The Morgan fingerprint density at radius 2 is 1.53 bits per heavy atom. The lowest BCUT2D eigenvalue weighted by Crippen LogP contribution is -2.28. The van der Waals surface area contributed by atoms with Crippen LogP contribution in [0.2, 0.25) is 0 Å². The molecule has 0 saturated heterocycles. The molecule has 0 aliphatic rings. The standard InChI is InChI=1S/C24H33NO4S3/c26-24(25-16-18-32(27,28)29)14-8-7-13-23(31-20-22-11-5-2-6-12-22)15-17-30-19-21-9-3-1-4-10-21/h1-6,9-12,23H,7-8,13-20H2,(H,25,26)(H,27,28,29). The molecule has 0 aromatic heterocycles. The van der Waals surface area contributed by atoms with E-state index in [0.717, 1.165) is 42.9 Å². The highest BCUT2D eigenvalue weighted by Gasteiger charge is 2.11. The molecule has 2 rings (SSSR count). The molecule has 0 spiro atoms. The number of amides is 1. The number of hydrogen-bond donors (Lipinski definition) is 2. The minimum atomic E-state index is -4.03. The number of nitrogens with one attached hydrogen (secondary N) is 1. The van der Waals surface area contributed by atoms with Crippen molar-refractivity contribution in [1.29, 1.82) is 0 Å². The summed E-state index contributed by atoms with van der Waals surface area (Å²) < 4.78 is 30.1.